The van der Waals surface area contributed by atoms with Gasteiger partial charge in [0, 0.05) is 18.5 Å². The molecule has 2 atom stereocenters. The van der Waals surface area contributed by atoms with E-state index in [-0.39, 0.29) is 11.8 Å². The summed E-state index contributed by atoms with van der Waals surface area (Å²) in [7, 11) is 0. The van der Waals surface area contributed by atoms with Gasteiger partial charge in [-0.1, -0.05) is 33.1 Å². The second-order valence-electron chi connectivity index (χ2n) is 5.81. The van der Waals surface area contributed by atoms with E-state index >= 15 is 0 Å². The van der Waals surface area contributed by atoms with Crippen molar-refractivity contribution in [2.75, 3.05) is 6.54 Å². The predicted molar refractivity (Wildman–Crippen MR) is 76.2 cm³/mol. The van der Waals surface area contributed by atoms with Crippen molar-refractivity contribution in [3.05, 3.63) is 0 Å². The van der Waals surface area contributed by atoms with Gasteiger partial charge in [0.25, 0.3) is 0 Å². The Morgan fingerprint density at radius 1 is 1.28 bits per heavy atom. The number of carbonyl (C=O) groups is 1. The van der Waals surface area contributed by atoms with E-state index in [1.165, 1.54) is 12.8 Å². The lowest BCUT2D eigenvalue weighted by Gasteiger charge is -2.27. The molecular formula is C15H30N2O. The van der Waals surface area contributed by atoms with Gasteiger partial charge in [0.2, 0.25) is 5.91 Å². The minimum absolute atomic E-state index is 0.220. The molecule has 2 unspecified atom stereocenters. The molecule has 0 spiro atoms. The minimum Gasteiger partial charge on any atom is -0.356 e. The van der Waals surface area contributed by atoms with Crippen LogP contribution in [0.3, 0.4) is 0 Å². The van der Waals surface area contributed by atoms with E-state index in [2.05, 4.69) is 19.2 Å². The molecule has 0 heterocycles. The Hall–Kier alpha value is -0.570. The molecule has 0 bridgehead atoms. The number of nitrogens with one attached hydrogen (secondary N) is 1. The van der Waals surface area contributed by atoms with Crippen LogP contribution in [-0.4, -0.2) is 18.5 Å². The van der Waals surface area contributed by atoms with Crippen molar-refractivity contribution in [3.8, 4) is 0 Å². The van der Waals surface area contributed by atoms with Gasteiger partial charge in [0.05, 0.1) is 0 Å². The molecule has 18 heavy (non-hydrogen) atoms. The molecule has 1 saturated carbocycles. The average Bonchev–Trinajstić information content (AvgIpc) is 2.36. The maximum Gasteiger partial charge on any atom is 0.223 e. The number of carbonyl (C=O) groups excluding carboxylic acids is 1. The van der Waals surface area contributed by atoms with Gasteiger partial charge in [0.1, 0.15) is 0 Å². The van der Waals surface area contributed by atoms with Crippen molar-refractivity contribution in [1.29, 1.82) is 0 Å². The lowest BCUT2D eigenvalue weighted by Crippen LogP contribution is -2.38. The number of rotatable bonds is 7. The molecule has 0 aromatic rings. The van der Waals surface area contributed by atoms with E-state index in [1.54, 1.807) is 0 Å². The lowest BCUT2D eigenvalue weighted by atomic mass is 9.86. The van der Waals surface area contributed by atoms with Crippen LogP contribution in [0.4, 0.5) is 0 Å². The molecule has 3 nitrogen and oxygen atoms in total. The van der Waals surface area contributed by atoms with E-state index in [0.29, 0.717) is 12.0 Å². The molecule has 0 aromatic heterocycles. The first-order chi connectivity index (χ1) is 8.67. The Morgan fingerprint density at radius 2 is 1.94 bits per heavy atom. The van der Waals surface area contributed by atoms with Crippen molar-refractivity contribution >= 4 is 5.91 Å². The molecule has 1 aliphatic carbocycles. The summed E-state index contributed by atoms with van der Waals surface area (Å²) < 4.78 is 0. The summed E-state index contributed by atoms with van der Waals surface area (Å²) in [6.07, 6.45) is 8.88. The van der Waals surface area contributed by atoms with Crippen molar-refractivity contribution in [2.24, 2.45) is 17.6 Å². The first-order valence-corrected chi connectivity index (χ1v) is 7.70. The van der Waals surface area contributed by atoms with Gasteiger partial charge in [-0.2, -0.15) is 0 Å². The Bertz CT molecular complexity index is 237. The average molecular weight is 254 g/mol. The number of hydrogen-bond acceptors (Lipinski definition) is 2. The third-order valence-electron chi connectivity index (χ3n) is 4.03. The maximum atomic E-state index is 12.1. The van der Waals surface area contributed by atoms with Gasteiger partial charge in [-0.05, 0) is 38.0 Å². The van der Waals surface area contributed by atoms with Crippen molar-refractivity contribution in [3.63, 3.8) is 0 Å². The summed E-state index contributed by atoms with van der Waals surface area (Å²) in [5.41, 5.74) is 5.97. The standard InChI is InChI=1S/C15H30N2O/c1-3-6-13(7-4-2)15(18)17-11-12-8-5-9-14(16)10-12/h12-14H,3-11,16H2,1-2H3,(H,17,18). The summed E-state index contributed by atoms with van der Waals surface area (Å²) >= 11 is 0. The number of nitrogens with two attached hydrogens (primary N) is 1. The molecule has 1 fully saturated rings. The molecule has 0 aliphatic heterocycles. The second kappa shape index (κ2) is 8.52. The molecule has 3 heteroatoms. The molecule has 1 amide bonds. The Balaban J connectivity index is 2.29. The van der Waals surface area contributed by atoms with Crippen LogP contribution in [-0.2, 0) is 4.79 Å². The third-order valence-corrected chi connectivity index (χ3v) is 4.03. The highest BCUT2D eigenvalue weighted by molar-refractivity contribution is 5.78. The summed E-state index contributed by atoms with van der Waals surface area (Å²) in [6.45, 7) is 5.13. The summed E-state index contributed by atoms with van der Waals surface area (Å²) in [5.74, 6) is 1.08. The summed E-state index contributed by atoms with van der Waals surface area (Å²) in [5, 5.41) is 3.15. The molecule has 0 saturated heterocycles. The second-order valence-corrected chi connectivity index (χ2v) is 5.81. The fourth-order valence-corrected chi connectivity index (χ4v) is 3.01. The SMILES string of the molecule is CCCC(CCC)C(=O)NCC1CCCC(N)C1. The van der Waals surface area contributed by atoms with Gasteiger partial charge in [-0.25, -0.2) is 0 Å². The predicted octanol–water partition coefficient (Wildman–Crippen LogP) is 2.84. The zero-order chi connectivity index (χ0) is 13.4. The van der Waals surface area contributed by atoms with E-state index in [9.17, 15) is 4.79 Å². The summed E-state index contributed by atoms with van der Waals surface area (Å²) in [4.78, 5) is 12.1. The van der Waals surface area contributed by atoms with Crippen LogP contribution in [0, 0.1) is 11.8 Å². The number of hydrogen-bond donors (Lipinski definition) is 2. The van der Waals surface area contributed by atoms with Gasteiger partial charge < -0.3 is 11.1 Å². The molecule has 106 valence electrons. The van der Waals surface area contributed by atoms with E-state index < -0.39 is 0 Å². The highest BCUT2D eigenvalue weighted by Crippen LogP contribution is 2.22. The fraction of sp³-hybridized carbons (Fsp3) is 0.933. The van der Waals surface area contributed by atoms with Crippen molar-refractivity contribution in [1.82, 2.24) is 5.32 Å². The van der Waals surface area contributed by atoms with Gasteiger partial charge in [0.15, 0.2) is 0 Å². The van der Waals surface area contributed by atoms with Gasteiger partial charge >= 0.3 is 0 Å². The quantitative estimate of drug-likeness (QED) is 0.734. The van der Waals surface area contributed by atoms with Crippen LogP contribution in [0.2, 0.25) is 0 Å². The van der Waals surface area contributed by atoms with Crippen molar-refractivity contribution < 1.29 is 4.79 Å². The smallest absolute Gasteiger partial charge is 0.223 e. The van der Waals surface area contributed by atoms with E-state index in [0.717, 1.165) is 45.1 Å². The molecule has 3 N–H and O–H groups in total. The molecule has 0 aromatic carbocycles. The zero-order valence-corrected chi connectivity index (χ0v) is 12.1. The van der Waals surface area contributed by atoms with Crippen LogP contribution < -0.4 is 11.1 Å². The van der Waals surface area contributed by atoms with Crippen LogP contribution in [0.5, 0.6) is 0 Å². The third kappa shape index (κ3) is 5.38. The largest absolute Gasteiger partial charge is 0.356 e. The molecular weight excluding hydrogens is 224 g/mol. The van der Waals surface area contributed by atoms with Crippen LogP contribution in [0.15, 0.2) is 0 Å². The Labute approximate surface area is 112 Å². The van der Waals surface area contributed by atoms with E-state index in [4.69, 9.17) is 5.73 Å². The normalized spacial score (nSPS) is 24.2. The highest BCUT2D eigenvalue weighted by atomic mass is 16.1. The topological polar surface area (TPSA) is 55.1 Å². The van der Waals surface area contributed by atoms with Crippen LogP contribution in [0.25, 0.3) is 0 Å². The number of amides is 1. The summed E-state index contributed by atoms with van der Waals surface area (Å²) in [6, 6.07) is 0.350. The fourth-order valence-electron chi connectivity index (χ4n) is 3.01. The van der Waals surface area contributed by atoms with Gasteiger partial charge in [-0.15, -0.1) is 0 Å². The Kier molecular flexibility index (Phi) is 7.33. The highest BCUT2D eigenvalue weighted by Gasteiger charge is 2.21. The van der Waals surface area contributed by atoms with Crippen LogP contribution >= 0.6 is 0 Å². The minimum atomic E-state index is 0.220. The first-order valence-electron chi connectivity index (χ1n) is 7.70. The monoisotopic (exact) mass is 254 g/mol. The molecule has 1 aliphatic rings. The zero-order valence-electron chi connectivity index (χ0n) is 12.1. The van der Waals surface area contributed by atoms with Gasteiger partial charge in [-0.3, -0.25) is 4.79 Å². The lowest BCUT2D eigenvalue weighted by molar-refractivity contribution is -0.125. The first kappa shape index (κ1) is 15.5. The molecule has 0 radical (unpaired) electrons. The van der Waals surface area contributed by atoms with Crippen molar-refractivity contribution in [2.45, 2.75) is 71.3 Å². The maximum absolute atomic E-state index is 12.1. The van der Waals surface area contributed by atoms with Crippen LogP contribution in [0.1, 0.15) is 65.2 Å². The molecule has 1 rings (SSSR count). The Morgan fingerprint density at radius 3 is 2.50 bits per heavy atom. The van der Waals surface area contributed by atoms with E-state index in [1.807, 2.05) is 0 Å².